The molecule has 1 aliphatic heterocycles. The SMILES string of the molecule is O=C(Nc1ccccn1)C1CCN(C(=O)c2occc2-c2ccccc2)CC1. The van der Waals surface area contributed by atoms with E-state index < -0.39 is 0 Å². The third-order valence-electron chi connectivity index (χ3n) is 5.01. The highest BCUT2D eigenvalue weighted by molar-refractivity contribution is 5.98. The monoisotopic (exact) mass is 375 g/mol. The molecule has 3 heterocycles. The van der Waals surface area contributed by atoms with Crippen molar-refractivity contribution < 1.29 is 14.0 Å². The van der Waals surface area contributed by atoms with E-state index in [-0.39, 0.29) is 17.7 Å². The number of hydrogen-bond donors (Lipinski definition) is 1. The number of anilines is 1. The van der Waals surface area contributed by atoms with Gasteiger partial charge in [0.15, 0.2) is 5.76 Å². The van der Waals surface area contributed by atoms with Crippen molar-refractivity contribution in [1.82, 2.24) is 9.88 Å². The Labute approximate surface area is 163 Å². The fourth-order valence-corrected chi connectivity index (χ4v) is 3.47. The summed E-state index contributed by atoms with van der Waals surface area (Å²) in [6.07, 6.45) is 4.42. The van der Waals surface area contributed by atoms with Crippen LogP contribution in [0.1, 0.15) is 23.4 Å². The first-order valence-electron chi connectivity index (χ1n) is 9.36. The number of benzene rings is 1. The van der Waals surface area contributed by atoms with Gasteiger partial charge in [-0.2, -0.15) is 0 Å². The Hall–Kier alpha value is -3.41. The van der Waals surface area contributed by atoms with Gasteiger partial charge in [-0.25, -0.2) is 4.98 Å². The second kappa shape index (κ2) is 8.08. The summed E-state index contributed by atoms with van der Waals surface area (Å²) in [5, 5.41) is 2.84. The zero-order valence-electron chi connectivity index (χ0n) is 15.4. The average molecular weight is 375 g/mol. The molecule has 3 aromatic rings. The maximum absolute atomic E-state index is 12.9. The van der Waals surface area contributed by atoms with Gasteiger partial charge in [0.1, 0.15) is 5.82 Å². The summed E-state index contributed by atoms with van der Waals surface area (Å²) >= 11 is 0. The fraction of sp³-hybridized carbons (Fsp3) is 0.227. The van der Waals surface area contributed by atoms with Gasteiger partial charge in [-0.05, 0) is 36.6 Å². The van der Waals surface area contributed by atoms with E-state index in [4.69, 9.17) is 4.42 Å². The van der Waals surface area contributed by atoms with Crippen molar-refractivity contribution in [2.45, 2.75) is 12.8 Å². The Bertz CT molecular complexity index is 945. The number of pyridine rings is 1. The molecular weight excluding hydrogens is 354 g/mol. The van der Waals surface area contributed by atoms with Crippen LogP contribution in [0.2, 0.25) is 0 Å². The van der Waals surface area contributed by atoms with Crippen LogP contribution in [-0.2, 0) is 4.79 Å². The van der Waals surface area contributed by atoms with E-state index in [1.165, 1.54) is 0 Å². The first-order valence-corrected chi connectivity index (χ1v) is 9.36. The number of hydrogen-bond acceptors (Lipinski definition) is 4. The molecule has 1 N–H and O–H groups in total. The number of amides is 2. The number of furan rings is 1. The van der Waals surface area contributed by atoms with Crippen molar-refractivity contribution in [3.63, 3.8) is 0 Å². The van der Waals surface area contributed by atoms with E-state index >= 15 is 0 Å². The van der Waals surface area contributed by atoms with Crippen LogP contribution in [0.15, 0.2) is 71.5 Å². The number of nitrogens with zero attached hydrogens (tertiary/aromatic N) is 2. The summed E-state index contributed by atoms with van der Waals surface area (Å²) in [5.41, 5.74) is 1.74. The average Bonchev–Trinajstić information content (AvgIpc) is 3.24. The lowest BCUT2D eigenvalue weighted by atomic mass is 9.95. The van der Waals surface area contributed by atoms with Crippen LogP contribution < -0.4 is 5.32 Å². The fourth-order valence-electron chi connectivity index (χ4n) is 3.47. The van der Waals surface area contributed by atoms with Crippen LogP contribution in [-0.4, -0.2) is 34.8 Å². The highest BCUT2D eigenvalue weighted by Crippen LogP contribution is 2.27. The quantitative estimate of drug-likeness (QED) is 0.752. The van der Waals surface area contributed by atoms with Crippen LogP contribution in [0, 0.1) is 5.92 Å². The van der Waals surface area contributed by atoms with Gasteiger partial charge in [-0.15, -0.1) is 0 Å². The molecule has 0 spiro atoms. The summed E-state index contributed by atoms with van der Waals surface area (Å²) in [5.74, 6) is 0.592. The molecule has 0 atom stereocenters. The number of carbonyl (C=O) groups is 2. The molecule has 2 aromatic heterocycles. The van der Waals surface area contributed by atoms with Gasteiger partial charge in [0.2, 0.25) is 5.91 Å². The normalized spacial score (nSPS) is 14.6. The molecule has 0 radical (unpaired) electrons. The summed E-state index contributed by atoms with van der Waals surface area (Å²) in [6.45, 7) is 1.04. The lowest BCUT2D eigenvalue weighted by molar-refractivity contribution is -0.121. The standard InChI is InChI=1S/C22H21N3O3/c26-21(24-19-8-4-5-12-23-19)17-9-13-25(14-10-17)22(27)20-18(11-15-28-20)16-6-2-1-3-7-16/h1-8,11-12,15,17H,9-10,13-14H2,(H,23,24,26). The number of nitrogens with one attached hydrogen (secondary N) is 1. The van der Waals surface area contributed by atoms with Gasteiger partial charge in [-0.3, -0.25) is 9.59 Å². The maximum atomic E-state index is 12.9. The summed E-state index contributed by atoms with van der Waals surface area (Å²) in [7, 11) is 0. The predicted octanol–water partition coefficient (Wildman–Crippen LogP) is 3.83. The summed E-state index contributed by atoms with van der Waals surface area (Å²) in [6, 6.07) is 16.9. The van der Waals surface area contributed by atoms with Crippen molar-refractivity contribution in [2.75, 3.05) is 18.4 Å². The van der Waals surface area contributed by atoms with Crippen LogP contribution in [0.4, 0.5) is 5.82 Å². The van der Waals surface area contributed by atoms with E-state index in [9.17, 15) is 9.59 Å². The number of likely N-dealkylation sites (tertiary alicyclic amines) is 1. The molecule has 0 aliphatic carbocycles. The van der Waals surface area contributed by atoms with Gasteiger partial charge in [0.25, 0.3) is 5.91 Å². The van der Waals surface area contributed by atoms with Crippen molar-refractivity contribution in [2.24, 2.45) is 5.92 Å². The highest BCUT2D eigenvalue weighted by atomic mass is 16.3. The zero-order valence-corrected chi connectivity index (χ0v) is 15.4. The van der Waals surface area contributed by atoms with Crippen LogP contribution >= 0.6 is 0 Å². The Morgan fingerprint density at radius 1 is 1.00 bits per heavy atom. The maximum Gasteiger partial charge on any atom is 0.290 e. The topological polar surface area (TPSA) is 75.4 Å². The number of aromatic nitrogens is 1. The lowest BCUT2D eigenvalue weighted by Crippen LogP contribution is -2.41. The summed E-state index contributed by atoms with van der Waals surface area (Å²) < 4.78 is 5.51. The van der Waals surface area contributed by atoms with Gasteiger partial charge < -0.3 is 14.6 Å². The molecule has 0 saturated carbocycles. The Morgan fingerprint density at radius 3 is 2.46 bits per heavy atom. The van der Waals surface area contributed by atoms with Crippen LogP contribution in [0.25, 0.3) is 11.1 Å². The molecule has 6 nitrogen and oxygen atoms in total. The molecule has 1 aromatic carbocycles. The molecule has 0 unspecified atom stereocenters. The van der Waals surface area contributed by atoms with Crippen LogP contribution in [0.5, 0.6) is 0 Å². The Kier molecular flexibility index (Phi) is 5.19. The molecule has 142 valence electrons. The lowest BCUT2D eigenvalue weighted by Gasteiger charge is -2.30. The van der Waals surface area contributed by atoms with Gasteiger partial charge in [0.05, 0.1) is 6.26 Å². The van der Waals surface area contributed by atoms with E-state index in [0.29, 0.717) is 37.5 Å². The molecular formula is C22H21N3O3. The molecule has 4 rings (SSSR count). The zero-order chi connectivity index (χ0) is 19.3. The first-order chi connectivity index (χ1) is 13.7. The third-order valence-corrected chi connectivity index (χ3v) is 5.01. The van der Waals surface area contributed by atoms with Crippen LogP contribution in [0.3, 0.4) is 0 Å². The number of piperidine rings is 1. The first kappa shape index (κ1) is 18.0. The van der Waals surface area contributed by atoms with Crippen molar-refractivity contribution in [3.8, 4) is 11.1 Å². The van der Waals surface area contributed by atoms with Crippen molar-refractivity contribution in [3.05, 3.63) is 72.8 Å². The molecule has 28 heavy (non-hydrogen) atoms. The Balaban J connectivity index is 1.39. The van der Waals surface area contributed by atoms with Crippen molar-refractivity contribution >= 4 is 17.6 Å². The molecule has 1 saturated heterocycles. The molecule has 6 heteroatoms. The molecule has 1 aliphatic rings. The minimum atomic E-state index is -0.132. The van der Waals surface area contributed by atoms with E-state index in [1.807, 2.05) is 42.5 Å². The predicted molar refractivity (Wildman–Crippen MR) is 106 cm³/mol. The highest BCUT2D eigenvalue weighted by Gasteiger charge is 2.30. The van der Waals surface area contributed by atoms with Gasteiger partial charge in [-0.1, -0.05) is 36.4 Å². The number of rotatable bonds is 4. The van der Waals surface area contributed by atoms with Crippen molar-refractivity contribution in [1.29, 1.82) is 0 Å². The Morgan fingerprint density at radius 2 is 1.75 bits per heavy atom. The molecule has 0 bridgehead atoms. The second-order valence-electron chi connectivity index (χ2n) is 6.80. The minimum absolute atomic E-state index is 0.0474. The largest absolute Gasteiger partial charge is 0.459 e. The van der Waals surface area contributed by atoms with E-state index in [0.717, 1.165) is 11.1 Å². The van der Waals surface area contributed by atoms with Gasteiger partial charge in [0, 0.05) is 30.8 Å². The minimum Gasteiger partial charge on any atom is -0.459 e. The second-order valence-corrected chi connectivity index (χ2v) is 6.80. The van der Waals surface area contributed by atoms with Gasteiger partial charge >= 0.3 is 0 Å². The molecule has 1 fully saturated rings. The van der Waals surface area contributed by atoms with E-state index in [1.54, 1.807) is 29.5 Å². The third kappa shape index (κ3) is 3.81. The molecule has 2 amide bonds. The number of carbonyl (C=O) groups excluding carboxylic acids is 2. The smallest absolute Gasteiger partial charge is 0.290 e. The van der Waals surface area contributed by atoms with E-state index in [2.05, 4.69) is 10.3 Å². The summed E-state index contributed by atoms with van der Waals surface area (Å²) in [4.78, 5) is 31.3.